The monoisotopic (exact) mass is 353 g/mol. The van der Waals surface area contributed by atoms with Crippen molar-refractivity contribution in [2.45, 2.75) is 32.3 Å². The van der Waals surface area contributed by atoms with Gasteiger partial charge < -0.3 is 14.4 Å². The van der Waals surface area contributed by atoms with Crippen LogP contribution in [0, 0.1) is 6.92 Å². The first-order chi connectivity index (χ1) is 12.7. The second kappa shape index (κ2) is 8.86. The summed E-state index contributed by atoms with van der Waals surface area (Å²) in [6.45, 7) is 4.04. The number of ether oxygens (including phenoxy) is 2. The molecule has 0 unspecified atom stereocenters. The molecule has 138 valence electrons. The number of aryl methyl sites for hydroxylation is 2. The van der Waals surface area contributed by atoms with Gasteiger partial charge in [-0.25, -0.2) is 0 Å². The zero-order chi connectivity index (χ0) is 18.4. The number of morpholine rings is 1. The molecule has 0 spiro atoms. The molecule has 1 fully saturated rings. The molecule has 0 N–H and O–H groups in total. The first kappa shape index (κ1) is 18.5. The average Bonchev–Trinajstić information content (AvgIpc) is 2.67. The van der Waals surface area contributed by atoms with Crippen molar-refractivity contribution in [1.82, 2.24) is 4.90 Å². The van der Waals surface area contributed by atoms with E-state index in [0.29, 0.717) is 26.1 Å². The number of carbonyl (C=O) groups is 1. The Morgan fingerprint density at radius 1 is 1.23 bits per heavy atom. The van der Waals surface area contributed by atoms with Crippen LogP contribution < -0.4 is 4.74 Å². The predicted octanol–water partition coefficient (Wildman–Crippen LogP) is 3.41. The lowest BCUT2D eigenvalue weighted by Gasteiger charge is -2.33. The topological polar surface area (TPSA) is 38.8 Å². The van der Waals surface area contributed by atoms with Crippen LogP contribution in [-0.4, -0.2) is 43.7 Å². The lowest BCUT2D eigenvalue weighted by molar-refractivity contribution is -0.138. The molecule has 0 aliphatic carbocycles. The molecule has 3 rings (SSSR count). The Hall–Kier alpha value is -2.33. The van der Waals surface area contributed by atoms with E-state index in [1.165, 1.54) is 16.7 Å². The lowest BCUT2D eigenvalue weighted by Crippen LogP contribution is -2.46. The van der Waals surface area contributed by atoms with Gasteiger partial charge in [-0.3, -0.25) is 4.79 Å². The third-order valence-electron chi connectivity index (χ3n) is 4.96. The number of carbonyl (C=O) groups excluding carboxylic acids is 1. The Morgan fingerprint density at radius 2 is 2.08 bits per heavy atom. The number of nitrogens with zero attached hydrogens (tertiary/aromatic N) is 1. The van der Waals surface area contributed by atoms with Crippen molar-refractivity contribution in [1.29, 1.82) is 0 Å². The maximum atomic E-state index is 12.6. The largest absolute Gasteiger partial charge is 0.497 e. The van der Waals surface area contributed by atoms with Gasteiger partial charge in [-0.1, -0.05) is 36.4 Å². The van der Waals surface area contributed by atoms with E-state index in [9.17, 15) is 4.79 Å². The van der Waals surface area contributed by atoms with Crippen LogP contribution in [0.3, 0.4) is 0 Å². The second-order valence-corrected chi connectivity index (χ2v) is 6.81. The number of methoxy groups -OCH3 is 1. The third-order valence-corrected chi connectivity index (χ3v) is 4.96. The summed E-state index contributed by atoms with van der Waals surface area (Å²) in [5.74, 6) is 1.07. The van der Waals surface area contributed by atoms with E-state index in [1.54, 1.807) is 7.11 Å². The van der Waals surface area contributed by atoms with E-state index in [2.05, 4.69) is 25.1 Å². The van der Waals surface area contributed by atoms with Crippen LogP contribution in [0.4, 0.5) is 0 Å². The van der Waals surface area contributed by atoms with Gasteiger partial charge in [-0.05, 0) is 42.2 Å². The van der Waals surface area contributed by atoms with Gasteiger partial charge in [0, 0.05) is 25.9 Å². The van der Waals surface area contributed by atoms with Crippen molar-refractivity contribution in [2.75, 3.05) is 26.8 Å². The molecule has 1 aliphatic rings. The molecular formula is C22H27NO3. The second-order valence-electron chi connectivity index (χ2n) is 6.81. The van der Waals surface area contributed by atoms with Gasteiger partial charge in [0.2, 0.25) is 5.91 Å². The van der Waals surface area contributed by atoms with Crippen LogP contribution in [0.15, 0.2) is 48.5 Å². The Kier molecular flexibility index (Phi) is 6.29. The van der Waals surface area contributed by atoms with E-state index in [0.717, 1.165) is 18.6 Å². The molecule has 4 heteroatoms. The number of hydrogen-bond acceptors (Lipinski definition) is 3. The molecule has 1 aliphatic heterocycles. The Morgan fingerprint density at radius 3 is 2.88 bits per heavy atom. The summed E-state index contributed by atoms with van der Waals surface area (Å²) in [6.07, 6.45) is 2.18. The molecule has 0 bridgehead atoms. The lowest BCUT2D eigenvalue weighted by atomic mass is 10.0. The highest BCUT2D eigenvalue weighted by Gasteiger charge is 2.24. The van der Waals surface area contributed by atoms with Crippen LogP contribution in [0.1, 0.15) is 23.1 Å². The van der Waals surface area contributed by atoms with E-state index >= 15 is 0 Å². The maximum absolute atomic E-state index is 12.6. The van der Waals surface area contributed by atoms with Gasteiger partial charge in [0.05, 0.1) is 19.8 Å². The quantitative estimate of drug-likeness (QED) is 0.799. The van der Waals surface area contributed by atoms with Gasteiger partial charge in [-0.15, -0.1) is 0 Å². The highest BCUT2D eigenvalue weighted by Crippen LogP contribution is 2.18. The fourth-order valence-corrected chi connectivity index (χ4v) is 3.42. The fraction of sp³-hybridized carbons (Fsp3) is 0.409. The first-order valence-electron chi connectivity index (χ1n) is 9.22. The SMILES string of the molecule is COc1cccc(C[C@@H]2CN(C(=O)CCc3ccccc3C)CCO2)c1. The van der Waals surface area contributed by atoms with Crippen molar-refractivity contribution >= 4 is 5.91 Å². The summed E-state index contributed by atoms with van der Waals surface area (Å²) in [5.41, 5.74) is 3.67. The maximum Gasteiger partial charge on any atom is 0.223 e. The van der Waals surface area contributed by atoms with E-state index < -0.39 is 0 Å². The number of amides is 1. The minimum absolute atomic E-state index is 0.0401. The fourth-order valence-electron chi connectivity index (χ4n) is 3.42. The molecule has 4 nitrogen and oxygen atoms in total. The van der Waals surface area contributed by atoms with Crippen LogP contribution in [-0.2, 0) is 22.4 Å². The number of hydrogen-bond donors (Lipinski definition) is 0. The molecule has 1 heterocycles. The minimum Gasteiger partial charge on any atom is -0.497 e. The molecule has 26 heavy (non-hydrogen) atoms. The summed E-state index contributed by atoms with van der Waals surface area (Å²) in [7, 11) is 1.67. The van der Waals surface area contributed by atoms with Crippen LogP contribution in [0.25, 0.3) is 0 Å². The van der Waals surface area contributed by atoms with E-state index in [4.69, 9.17) is 9.47 Å². The number of rotatable bonds is 6. The summed E-state index contributed by atoms with van der Waals surface area (Å²) in [6, 6.07) is 16.3. The molecule has 1 amide bonds. The molecular weight excluding hydrogens is 326 g/mol. The van der Waals surface area contributed by atoms with Crippen LogP contribution in [0.5, 0.6) is 5.75 Å². The zero-order valence-corrected chi connectivity index (χ0v) is 15.6. The van der Waals surface area contributed by atoms with E-state index in [-0.39, 0.29) is 12.0 Å². The predicted molar refractivity (Wildman–Crippen MR) is 103 cm³/mol. The minimum atomic E-state index is 0.0401. The molecule has 2 aromatic rings. The Balaban J connectivity index is 1.54. The van der Waals surface area contributed by atoms with Gasteiger partial charge in [0.1, 0.15) is 5.75 Å². The molecule has 1 saturated heterocycles. The molecule has 0 radical (unpaired) electrons. The highest BCUT2D eigenvalue weighted by atomic mass is 16.5. The van der Waals surface area contributed by atoms with Crippen molar-refractivity contribution in [3.8, 4) is 5.75 Å². The van der Waals surface area contributed by atoms with Gasteiger partial charge in [0.25, 0.3) is 0 Å². The van der Waals surface area contributed by atoms with Crippen molar-refractivity contribution in [3.05, 3.63) is 65.2 Å². The molecule has 1 atom stereocenters. The number of benzene rings is 2. The molecule has 0 saturated carbocycles. The Labute approximate surface area is 155 Å². The van der Waals surface area contributed by atoms with Gasteiger partial charge >= 0.3 is 0 Å². The standard InChI is InChI=1S/C22H27NO3/c1-17-6-3-4-8-19(17)10-11-22(24)23-12-13-26-21(16-23)15-18-7-5-9-20(14-18)25-2/h3-9,14,21H,10-13,15-16H2,1-2H3/t21-/m1/s1. The van der Waals surface area contributed by atoms with Crippen molar-refractivity contribution in [2.24, 2.45) is 0 Å². The van der Waals surface area contributed by atoms with Gasteiger partial charge in [-0.2, -0.15) is 0 Å². The Bertz CT molecular complexity index is 744. The normalized spacial score (nSPS) is 17.2. The summed E-state index contributed by atoms with van der Waals surface area (Å²) >= 11 is 0. The molecule has 0 aromatic heterocycles. The summed E-state index contributed by atoms with van der Waals surface area (Å²) in [4.78, 5) is 14.6. The summed E-state index contributed by atoms with van der Waals surface area (Å²) in [5, 5.41) is 0. The smallest absolute Gasteiger partial charge is 0.223 e. The third kappa shape index (κ3) is 4.85. The molecule has 2 aromatic carbocycles. The highest BCUT2D eigenvalue weighted by molar-refractivity contribution is 5.76. The zero-order valence-electron chi connectivity index (χ0n) is 15.6. The average molecular weight is 353 g/mol. The van der Waals surface area contributed by atoms with Crippen LogP contribution >= 0.6 is 0 Å². The summed E-state index contributed by atoms with van der Waals surface area (Å²) < 4.78 is 11.2. The van der Waals surface area contributed by atoms with Gasteiger partial charge in [0.15, 0.2) is 0 Å². The van der Waals surface area contributed by atoms with Crippen molar-refractivity contribution < 1.29 is 14.3 Å². The van der Waals surface area contributed by atoms with Crippen LogP contribution in [0.2, 0.25) is 0 Å². The van der Waals surface area contributed by atoms with Crippen molar-refractivity contribution in [3.63, 3.8) is 0 Å². The van der Waals surface area contributed by atoms with E-state index in [1.807, 2.05) is 35.2 Å². The first-order valence-corrected chi connectivity index (χ1v) is 9.22.